The van der Waals surface area contributed by atoms with E-state index in [2.05, 4.69) is 35.7 Å². The number of anilines is 1. The second-order valence-electron chi connectivity index (χ2n) is 3.05. The fraction of sp³-hybridized carbons (Fsp3) is 0.111. The minimum Gasteiger partial charge on any atom is -0.465 e. The van der Waals surface area contributed by atoms with Crippen LogP contribution in [0.25, 0.3) is 5.82 Å². The van der Waals surface area contributed by atoms with E-state index in [0.29, 0.717) is 16.1 Å². The minimum atomic E-state index is -0.446. The van der Waals surface area contributed by atoms with Gasteiger partial charge in [-0.3, -0.25) is 0 Å². The zero-order valence-corrected chi connectivity index (χ0v) is 10.4. The van der Waals surface area contributed by atoms with Crippen molar-refractivity contribution in [3.63, 3.8) is 0 Å². The summed E-state index contributed by atoms with van der Waals surface area (Å²) in [4.78, 5) is 19.3. The van der Waals surface area contributed by atoms with E-state index in [1.807, 2.05) is 0 Å². The van der Waals surface area contributed by atoms with Crippen LogP contribution in [0.3, 0.4) is 0 Å². The lowest BCUT2D eigenvalue weighted by molar-refractivity contribution is 0.0600. The Balaban J connectivity index is 2.46. The lowest BCUT2D eigenvalue weighted by Crippen LogP contribution is -2.06. The van der Waals surface area contributed by atoms with Crippen LogP contribution in [0.15, 0.2) is 23.1 Å². The largest absolute Gasteiger partial charge is 0.465 e. The molecule has 0 fully saturated rings. The maximum Gasteiger partial charge on any atom is 0.338 e. The van der Waals surface area contributed by atoms with Crippen LogP contribution >= 0.6 is 15.9 Å². The molecule has 2 N–H and O–H groups in total. The highest BCUT2D eigenvalue weighted by molar-refractivity contribution is 9.10. The number of aromatic nitrogens is 4. The predicted octanol–water partition coefficient (Wildman–Crippen LogP) is 0.794. The Labute approximate surface area is 105 Å². The molecule has 2 heterocycles. The van der Waals surface area contributed by atoms with E-state index in [0.717, 1.165) is 0 Å². The van der Waals surface area contributed by atoms with E-state index in [-0.39, 0.29) is 5.95 Å². The third kappa shape index (κ3) is 2.26. The van der Waals surface area contributed by atoms with Gasteiger partial charge in [-0.15, -0.1) is 5.10 Å². The fourth-order valence-corrected chi connectivity index (χ4v) is 1.68. The van der Waals surface area contributed by atoms with Crippen molar-refractivity contribution in [2.45, 2.75) is 0 Å². The molecule has 2 aromatic rings. The molecule has 0 atom stereocenters. The van der Waals surface area contributed by atoms with Gasteiger partial charge < -0.3 is 10.5 Å². The standard InChI is InChI=1S/C9H8BrN5O2/c1-17-7(16)5-2-3-12-6(4-5)15-8(10)13-9(11)14-15/h2-4H,1H3,(H2,11,14). The van der Waals surface area contributed by atoms with Crippen LogP contribution in [0, 0.1) is 0 Å². The van der Waals surface area contributed by atoms with E-state index in [4.69, 9.17) is 5.73 Å². The Morgan fingerprint density at radius 3 is 2.94 bits per heavy atom. The summed E-state index contributed by atoms with van der Waals surface area (Å²) in [6.45, 7) is 0. The molecule has 2 rings (SSSR count). The summed E-state index contributed by atoms with van der Waals surface area (Å²) in [6, 6.07) is 3.08. The number of nitrogen functional groups attached to an aromatic ring is 1. The first-order valence-corrected chi connectivity index (χ1v) is 5.34. The smallest absolute Gasteiger partial charge is 0.338 e. The van der Waals surface area contributed by atoms with E-state index in [1.165, 1.54) is 24.1 Å². The Morgan fingerprint density at radius 1 is 1.59 bits per heavy atom. The summed E-state index contributed by atoms with van der Waals surface area (Å²) >= 11 is 3.19. The maximum absolute atomic E-state index is 11.4. The Kier molecular flexibility index (Phi) is 3.05. The number of hydrogen-bond donors (Lipinski definition) is 1. The van der Waals surface area contributed by atoms with Gasteiger partial charge in [0.05, 0.1) is 12.7 Å². The fourth-order valence-electron chi connectivity index (χ4n) is 1.23. The molecule has 0 aromatic carbocycles. The molecule has 0 aliphatic heterocycles. The zero-order valence-electron chi connectivity index (χ0n) is 8.79. The third-order valence-electron chi connectivity index (χ3n) is 1.97. The Bertz CT molecular complexity index is 568. The summed E-state index contributed by atoms with van der Waals surface area (Å²) in [6.07, 6.45) is 1.48. The quantitative estimate of drug-likeness (QED) is 0.824. The van der Waals surface area contributed by atoms with Gasteiger partial charge in [0.15, 0.2) is 5.82 Å². The highest BCUT2D eigenvalue weighted by atomic mass is 79.9. The van der Waals surface area contributed by atoms with Crippen molar-refractivity contribution in [2.24, 2.45) is 0 Å². The number of carbonyl (C=O) groups excluding carboxylic acids is 1. The van der Waals surface area contributed by atoms with Crippen LogP contribution in [0.4, 0.5) is 5.95 Å². The molecule has 0 radical (unpaired) electrons. The van der Waals surface area contributed by atoms with E-state index >= 15 is 0 Å². The van der Waals surface area contributed by atoms with Gasteiger partial charge in [-0.05, 0) is 28.1 Å². The highest BCUT2D eigenvalue weighted by Gasteiger charge is 2.11. The number of rotatable bonds is 2. The predicted molar refractivity (Wildman–Crippen MR) is 62.6 cm³/mol. The molecule has 0 unspecified atom stereocenters. The van der Waals surface area contributed by atoms with E-state index in [1.54, 1.807) is 6.07 Å². The molecule has 0 saturated carbocycles. The summed E-state index contributed by atoms with van der Waals surface area (Å²) < 4.78 is 6.40. The number of halogens is 1. The van der Waals surface area contributed by atoms with Crippen LogP contribution in [0.2, 0.25) is 0 Å². The normalized spacial score (nSPS) is 10.2. The number of ether oxygens (including phenoxy) is 1. The van der Waals surface area contributed by atoms with Crippen molar-refractivity contribution in [3.05, 3.63) is 28.6 Å². The van der Waals surface area contributed by atoms with Crippen molar-refractivity contribution in [3.8, 4) is 5.82 Å². The number of esters is 1. The molecule has 0 amide bonds. The first kappa shape index (κ1) is 11.5. The van der Waals surface area contributed by atoms with Gasteiger partial charge >= 0.3 is 5.97 Å². The molecule has 17 heavy (non-hydrogen) atoms. The average Bonchev–Trinajstić information content (AvgIpc) is 2.67. The molecule has 0 saturated heterocycles. The minimum absolute atomic E-state index is 0.113. The van der Waals surface area contributed by atoms with Crippen LogP contribution in [-0.2, 0) is 4.74 Å². The molecular weight excluding hydrogens is 290 g/mol. The SMILES string of the molecule is COC(=O)c1ccnc(-n2nc(N)nc2Br)c1. The summed E-state index contributed by atoms with van der Waals surface area (Å²) in [5.74, 6) is 0.0870. The molecular formula is C9H8BrN5O2. The number of nitrogens with two attached hydrogens (primary N) is 1. The van der Waals surface area contributed by atoms with Gasteiger partial charge in [-0.25, -0.2) is 9.78 Å². The highest BCUT2D eigenvalue weighted by Crippen LogP contribution is 2.14. The lowest BCUT2D eigenvalue weighted by atomic mass is 10.2. The summed E-state index contributed by atoms with van der Waals surface area (Å²) in [5, 5.41) is 3.93. The zero-order chi connectivity index (χ0) is 12.4. The summed E-state index contributed by atoms with van der Waals surface area (Å²) in [5.41, 5.74) is 5.82. The average molecular weight is 298 g/mol. The number of carbonyl (C=O) groups is 1. The van der Waals surface area contributed by atoms with Gasteiger partial charge in [0.1, 0.15) is 0 Å². The first-order chi connectivity index (χ1) is 8.11. The molecule has 0 aliphatic rings. The molecule has 8 heteroatoms. The van der Waals surface area contributed by atoms with Gasteiger partial charge in [-0.1, -0.05) is 0 Å². The third-order valence-corrected chi connectivity index (χ3v) is 2.48. The topological polar surface area (TPSA) is 95.9 Å². The summed E-state index contributed by atoms with van der Waals surface area (Å²) in [7, 11) is 1.31. The van der Waals surface area contributed by atoms with Gasteiger partial charge in [0.25, 0.3) is 0 Å². The van der Waals surface area contributed by atoms with Crippen LogP contribution in [0.5, 0.6) is 0 Å². The molecule has 2 aromatic heterocycles. The van der Waals surface area contributed by atoms with E-state index < -0.39 is 5.97 Å². The second-order valence-corrected chi connectivity index (χ2v) is 3.75. The Morgan fingerprint density at radius 2 is 2.35 bits per heavy atom. The van der Waals surface area contributed by atoms with Gasteiger partial charge in [-0.2, -0.15) is 9.67 Å². The molecule has 0 spiro atoms. The van der Waals surface area contributed by atoms with Crippen LogP contribution in [0.1, 0.15) is 10.4 Å². The molecule has 7 nitrogen and oxygen atoms in total. The van der Waals surface area contributed by atoms with Crippen molar-refractivity contribution < 1.29 is 9.53 Å². The van der Waals surface area contributed by atoms with Gasteiger partial charge in [0, 0.05) is 6.20 Å². The number of nitrogens with zero attached hydrogens (tertiary/aromatic N) is 4. The van der Waals surface area contributed by atoms with Crippen molar-refractivity contribution in [1.29, 1.82) is 0 Å². The lowest BCUT2D eigenvalue weighted by Gasteiger charge is -2.03. The second kappa shape index (κ2) is 4.50. The van der Waals surface area contributed by atoms with Gasteiger partial charge in [0.2, 0.25) is 10.7 Å². The number of methoxy groups -OCH3 is 1. The maximum atomic E-state index is 11.4. The molecule has 88 valence electrons. The van der Waals surface area contributed by atoms with Crippen LogP contribution in [-0.4, -0.2) is 32.8 Å². The molecule has 0 aliphatic carbocycles. The molecule has 0 bridgehead atoms. The number of hydrogen-bond acceptors (Lipinski definition) is 6. The monoisotopic (exact) mass is 297 g/mol. The number of pyridine rings is 1. The van der Waals surface area contributed by atoms with E-state index in [9.17, 15) is 4.79 Å². The van der Waals surface area contributed by atoms with Crippen molar-refractivity contribution in [2.75, 3.05) is 12.8 Å². The van der Waals surface area contributed by atoms with Crippen molar-refractivity contribution >= 4 is 27.8 Å². The Hall–Kier alpha value is -1.96. The van der Waals surface area contributed by atoms with Crippen LogP contribution < -0.4 is 5.73 Å². The first-order valence-electron chi connectivity index (χ1n) is 4.54. The van der Waals surface area contributed by atoms with Crippen molar-refractivity contribution in [1.82, 2.24) is 19.7 Å².